The molecule has 2 rings (SSSR count). The van der Waals surface area contributed by atoms with Crippen LogP contribution in [0, 0.1) is 0 Å². The number of rotatable bonds is 4. The number of aromatic nitrogens is 2. The Morgan fingerprint density at radius 1 is 1.33 bits per heavy atom. The Morgan fingerprint density at radius 2 is 1.95 bits per heavy atom. The number of anilines is 2. The summed E-state index contributed by atoms with van der Waals surface area (Å²) in [7, 11) is 0. The number of hydrogen-bond donors (Lipinski definition) is 2. The van der Waals surface area contributed by atoms with Gasteiger partial charge < -0.3 is 16.4 Å². The van der Waals surface area contributed by atoms with Gasteiger partial charge in [-0.25, -0.2) is 4.98 Å². The second-order valence-electron chi connectivity index (χ2n) is 5.00. The minimum Gasteiger partial charge on any atom is -0.368 e. The van der Waals surface area contributed by atoms with Gasteiger partial charge in [-0.1, -0.05) is 12.8 Å². The highest BCUT2D eigenvalue weighted by Crippen LogP contribution is 2.32. The molecule has 6 nitrogen and oxygen atoms in total. The number of hydrogen-bond acceptors (Lipinski definition) is 5. The molecule has 21 heavy (non-hydrogen) atoms. The van der Waals surface area contributed by atoms with Crippen LogP contribution in [0.15, 0.2) is 6.07 Å². The highest BCUT2D eigenvalue weighted by atomic mass is 19.4. The highest BCUT2D eigenvalue weighted by molar-refractivity contribution is 5.79. The van der Waals surface area contributed by atoms with Crippen molar-refractivity contribution in [2.24, 2.45) is 5.73 Å². The first-order valence-electron chi connectivity index (χ1n) is 6.54. The van der Waals surface area contributed by atoms with Crippen molar-refractivity contribution in [3.05, 3.63) is 11.8 Å². The average molecular weight is 303 g/mol. The van der Waals surface area contributed by atoms with E-state index < -0.39 is 23.7 Å². The van der Waals surface area contributed by atoms with E-state index in [-0.39, 0.29) is 18.4 Å². The van der Waals surface area contributed by atoms with Gasteiger partial charge in [0.1, 0.15) is 5.82 Å². The maximum Gasteiger partial charge on any atom is 0.433 e. The number of carbonyl (C=O) groups excluding carboxylic acids is 1. The molecule has 0 spiro atoms. The van der Waals surface area contributed by atoms with Gasteiger partial charge in [-0.05, 0) is 12.8 Å². The molecule has 1 aromatic rings. The fourth-order valence-electron chi connectivity index (χ4n) is 2.53. The van der Waals surface area contributed by atoms with Crippen molar-refractivity contribution in [1.29, 1.82) is 0 Å². The van der Waals surface area contributed by atoms with Crippen LogP contribution in [0.5, 0.6) is 0 Å². The molecule has 1 aliphatic rings. The smallest absolute Gasteiger partial charge is 0.368 e. The molecule has 1 amide bonds. The first-order valence-corrected chi connectivity index (χ1v) is 6.54. The molecule has 0 saturated heterocycles. The van der Waals surface area contributed by atoms with E-state index >= 15 is 0 Å². The number of alkyl halides is 3. The Morgan fingerprint density at radius 3 is 2.48 bits per heavy atom. The van der Waals surface area contributed by atoms with Crippen molar-refractivity contribution >= 4 is 17.7 Å². The van der Waals surface area contributed by atoms with Crippen LogP contribution in [-0.4, -0.2) is 28.5 Å². The van der Waals surface area contributed by atoms with E-state index in [1.807, 2.05) is 0 Å². The Kier molecular flexibility index (Phi) is 4.19. The van der Waals surface area contributed by atoms with E-state index in [1.165, 1.54) is 4.90 Å². The molecule has 0 unspecified atom stereocenters. The topological polar surface area (TPSA) is 98.1 Å². The predicted molar refractivity (Wildman–Crippen MR) is 70.2 cm³/mol. The van der Waals surface area contributed by atoms with Gasteiger partial charge >= 0.3 is 6.18 Å². The minimum absolute atomic E-state index is 0.0134. The molecule has 0 atom stereocenters. The predicted octanol–water partition coefficient (Wildman–Crippen LogP) is 1.31. The summed E-state index contributed by atoms with van der Waals surface area (Å²) in [6.07, 6.45) is -1.17. The van der Waals surface area contributed by atoms with Gasteiger partial charge in [0.2, 0.25) is 11.9 Å². The number of nitrogens with two attached hydrogens (primary N) is 2. The van der Waals surface area contributed by atoms with Gasteiger partial charge in [-0.15, -0.1) is 0 Å². The van der Waals surface area contributed by atoms with Crippen LogP contribution in [0.2, 0.25) is 0 Å². The maximum atomic E-state index is 12.8. The van der Waals surface area contributed by atoms with Gasteiger partial charge in [0, 0.05) is 12.1 Å². The summed E-state index contributed by atoms with van der Waals surface area (Å²) >= 11 is 0. The molecule has 0 aliphatic heterocycles. The Bertz CT molecular complexity index is 528. The van der Waals surface area contributed by atoms with Crippen molar-refractivity contribution in [3.8, 4) is 0 Å². The quantitative estimate of drug-likeness (QED) is 0.874. The molecule has 1 fully saturated rings. The summed E-state index contributed by atoms with van der Waals surface area (Å²) in [5, 5.41) is 0. The number of amides is 1. The second-order valence-corrected chi connectivity index (χ2v) is 5.00. The number of halogens is 3. The summed E-state index contributed by atoms with van der Waals surface area (Å²) in [5.74, 6) is -1.12. The number of nitrogen functional groups attached to an aromatic ring is 1. The standard InChI is InChI=1S/C12H16F3N5O/c13-12(14,15)8-5-10(19-11(17)18-8)20(6-9(16)21)7-3-1-2-4-7/h5,7H,1-4,6H2,(H2,16,21)(H2,17,18,19). The third-order valence-electron chi connectivity index (χ3n) is 3.41. The van der Waals surface area contributed by atoms with Crippen LogP contribution in [0.4, 0.5) is 24.9 Å². The monoisotopic (exact) mass is 303 g/mol. The Labute approximate surface area is 119 Å². The molecule has 9 heteroatoms. The molecule has 4 N–H and O–H groups in total. The van der Waals surface area contributed by atoms with Crippen molar-refractivity contribution in [1.82, 2.24) is 9.97 Å². The third-order valence-corrected chi connectivity index (χ3v) is 3.41. The normalized spacial score (nSPS) is 16.1. The van der Waals surface area contributed by atoms with Crippen molar-refractivity contribution in [3.63, 3.8) is 0 Å². The fourth-order valence-corrected chi connectivity index (χ4v) is 2.53. The molecule has 116 valence electrons. The van der Waals surface area contributed by atoms with Crippen LogP contribution in [0.3, 0.4) is 0 Å². The molecular weight excluding hydrogens is 287 g/mol. The maximum absolute atomic E-state index is 12.8. The summed E-state index contributed by atoms with van der Waals surface area (Å²) in [4.78, 5) is 19.7. The second kappa shape index (κ2) is 5.74. The summed E-state index contributed by atoms with van der Waals surface area (Å²) in [6, 6.07) is 0.741. The first kappa shape index (κ1) is 15.3. The summed E-state index contributed by atoms with van der Waals surface area (Å²) in [5.41, 5.74) is 9.41. The van der Waals surface area contributed by atoms with Crippen LogP contribution in [0.25, 0.3) is 0 Å². The van der Waals surface area contributed by atoms with Gasteiger partial charge in [0.05, 0.1) is 6.54 Å². The van der Waals surface area contributed by atoms with Gasteiger partial charge in [0.25, 0.3) is 0 Å². The van der Waals surface area contributed by atoms with Crippen molar-refractivity contribution < 1.29 is 18.0 Å². The fraction of sp³-hybridized carbons (Fsp3) is 0.583. The summed E-state index contributed by atoms with van der Waals surface area (Å²) < 4.78 is 38.4. The molecular formula is C12H16F3N5O. The van der Waals surface area contributed by atoms with Crippen molar-refractivity contribution in [2.75, 3.05) is 17.2 Å². The van der Waals surface area contributed by atoms with Gasteiger partial charge in [-0.2, -0.15) is 18.2 Å². The molecule has 1 aromatic heterocycles. The highest BCUT2D eigenvalue weighted by Gasteiger charge is 2.35. The third kappa shape index (κ3) is 3.73. The number of primary amides is 1. The number of nitrogens with zero attached hydrogens (tertiary/aromatic N) is 3. The van der Waals surface area contributed by atoms with E-state index in [0.29, 0.717) is 0 Å². The minimum atomic E-state index is -4.63. The van der Waals surface area contributed by atoms with E-state index in [9.17, 15) is 18.0 Å². The zero-order chi connectivity index (χ0) is 15.6. The molecule has 1 saturated carbocycles. The molecule has 0 radical (unpaired) electrons. The number of carbonyl (C=O) groups is 1. The van der Waals surface area contributed by atoms with E-state index in [0.717, 1.165) is 31.7 Å². The van der Waals surface area contributed by atoms with Gasteiger partial charge in [0.15, 0.2) is 5.69 Å². The molecule has 0 bridgehead atoms. The van der Waals surface area contributed by atoms with E-state index in [2.05, 4.69) is 9.97 Å². The van der Waals surface area contributed by atoms with Crippen LogP contribution in [-0.2, 0) is 11.0 Å². The SMILES string of the molecule is NC(=O)CN(c1cc(C(F)(F)F)nc(N)n1)C1CCCC1. The molecule has 0 aromatic carbocycles. The Balaban J connectivity index is 2.38. The average Bonchev–Trinajstić information content (AvgIpc) is 2.87. The zero-order valence-electron chi connectivity index (χ0n) is 11.2. The van der Waals surface area contributed by atoms with Crippen molar-refractivity contribution in [2.45, 2.75) is 37.9 Å². The lowest BCUT2D eigenvalue weighted by Gasteiger charge is -2.29. The molecule has 1 aliphatic carbocycles. The Hall–Kier alpha value is -2.06. The summed E-state index contributed by atoms with van der Waals surface area (Å²) in [6.45, 7) is -0.196. The lowest BCUT2D eigenvalue weighted by atomic mass is 10.2. The largest absolute Gasteiger partial charge is 0.433 e. The first-order chi connectivity index (χ1) is 9.77. The van der Waals surface area contributed by atoms with Gasteiger partial charge in [-0.3, -0.25) is 4.79 Å². The van der Waals surface area contributed by atoms with E-state index in [1.54, 1.807) is 0 Å². The van der Waals surface area contributed by atoms with Crippen LogP contribution < -0.4 is 16.4 Å². The zero-order valence-corrected chi connectivity index (χ0v) is 11.2. The van der Waals surface area contributed by atoms with E-state index in [4.69, 9.17) is 11.5 Å². The lowest BCUT2D eigenvalue weighted by Crippen LogP contribution is -2.41. The van der Waals surface area contributed by atoms with Crippen LogP contribution >= 0.6 is 0 Å². The lowest BCUT2D eigenvalue weighted by molar-refractivity contribution is -0.141. The molecule has 1 heterocycles. The van der Waals surface area contributed by atoms with Crippen LogP contribution in [0.1, 0.15) is 31.4 Å².